The zero-order valence-electron chi connectivity index (χ0n) is 9.48. The van der Waals surface area contributed by atoms with Crippen LogP contribution in [0.1, 0.15) is 5.76 Å². The third-order valence-corrected chi connectivity index (χ3v) is 2.12. The minimum absolute atomic E-state index is 0.130. The molecule has 3 amide bonds. The SMILES string of the molecule is O=[13C]1[13CH2]N(/N=C/C=C/c2ccc([N+](=O)[O-])o2)[13C](=O)N1. The monoisotopic (exact) mass is 267 g/mol. The van der Waals surface area contributed by atoms with Crippen molar-refractivity contribution in [3.8, 4) is 0 Å². The molecule has 1 aromatic heterocycles. The number of carbonyl (C=O) groups is 2. The number of nitrogens with one attached hydrogen (secondary N) is 1. The van der Waals surface area contributed by atoms with Crippen LogP contribution in [0.15, 0.2) is 27.7 Å². The molecule has 0 atom stereocenters. The van der Waals surface area contributed by atoms with Gasteiger partial charge in [0, 0.05) is 6.21 Å². The van der Waals surface area contributed by atoms with Crippen molar-refractivity contribution in [2.24, 2.45) is 5.10 Å². The number of urea groups is 1. The lowest BCUT2D eigenvalue weighted by Crippen LogP contribution is -2.23. The first-order valence-corrected chi connectivity index (χ1v) is 5.12. The Morgan fingerprint density at radius 2 is 2.26 bits per heavy atom. The van der Waals surface area contributed by atoms with E-state index in [4.69, 9.17) is 4.42 Å². The fraction of sp³-hybridized carbons (Fsp3) is 0.100. The number of hydrogen-bond acceptors (Lipinski definition) is 6. The first-order valence-electron chi connectivity index (χ1n) is 5.12. The van der Waals surface area contributed by atoms with Crippen molar-refractivity contribution < 1.29 is 18.9 Å². The second-order valence-electron chi connectivity index (χ2n) is 3.47. The van der Waals surface area contributed by atoms with Gasteiger partial charge in [-0.05, 0) is 18.2 Å². The lowest BCUT2D eigenvalue weighted by molar-refractivity contribution is -0.402. The standard InChI is InChI=1S/C10H8N4O5/c15-8-6-13(10(16)12-8)11-5-1-2-7-3-4-9(19-7)14(17)18/h1-5H,6H2,(H,12,15,16)/b2-1+,11-5+/i6+1,8+1,10+1. The number of allylic oxidation sites excluding steroid dienone is 1. The number of carbonyl (C=O) groups excluding carboxylic acids is 2. The Bertz CT molecular complexity index is 588. The van der Waals surface area contributed by atoms with Crippen molar-refractivity contribution in [3.63, 3.8) is 0 Å². The quantitative estimate of drug-likeness (QED) is 0.284. The van der Waals surface area contributed by atoms with Crippen LogP contribution < -0.4 is 5.32 Å². The summed E-state index contributed by atoms with van der Waals surface area (Å²) in [5.41, 5.74) is 0. The van der Waals surface area contributed by atoms with Gasteiger partial charge in [-0.15, -0.1) is 0 Å². The summed E-state index contributed by atoms with van der Waals surface area (Å²) in [6.45, 7) is -0.130. The molecule has 0 spiro atoms. The Morgan fingerprint density at radius 1 is 1.47 bits per heavy atom. The van der Waals surface area contributed by atoms with Crippen LogP contribution in [0.4, 0.5) is 10.7 Å². The van der Waals surface area contributed by atoms with E-state index in [1.165, 1.54) is 30.5 Å². The lowest BCUT2D eigenvalue weighted by Gasteiger charge is -2.02. The molecular weight excluding hydrogens is 259 g/mol. The van der Waals surface area contributed by atoms with E-state index < -0.39 is 16.9 Å². The molecule has 0 aliphatic carbocycles. The van der Waals surface area contributed by atoms with Gasteiger partial charge in [-0.3, -0.25) is 20.2 Å². The molecule has 0 bridgehead atoms. The maximum atomic E-state index is 11.1. The molecule has 9 nitrogen and oxygen atoms in total. The van der Waals surface area contributed by atoms with Crippen molar-refractivity contribution in [2.75, 3.05) is 6.54 Å². The van der Waals surface area contributed by atoms with Crippen molar-refractivity contribution in [3.05, 3.63) is 34.1 Å². The largest absolute Gasteiger partial charge is 0.433 e. The predicted molar refractivity (Wildman–Crippen MR) is 63.1 cm³/mol. The zero-order chi connectivity index (χ0) is 13.8. The summed E-state index contributed by atoms with van der Waals surface area (Å²) >= 11 is 0. The van der Waals surface area contributed by atoms with Crippen LogP contribution >= 0.6 is 0 Å². The van der Waals surface area contributed by atoms with Gasteiger partial charge in [0.2, 0.25) is 5.91 Å². The Labute approximate surface area is 106 Å². The molecule has 9 heteroatoms. The molecule has 1 aliphatic heterocycles. The molecule has 19 heavy (non-hydrogen) atoms. The van der Waals surface area contributed by atoms with Crippen LogP contribution in [0.3, 0.4) is 0 Å². The predicted octanol–water partition coefficient (Wildman–Crippen LogP) is 0.739. The number of rotatable bonds is 4. The molecule has 2 rings (SSSR count). The van der Waals surface area contributed by atoms with Gasteiger partial charge in [-0.1, -0.05) is 0 Å². The second kappa shape index (κ2) is 5.12. The number of furan rings is 1. The number of nitrogens with zero attached hydrogens (tertiary/aromatic N) is 3. The van der Waals surface area contributed by atoms with Crippen molar-refractivity contribution >= 4 is 30.1 Å². The molecule has 0 unspecified atom stereocenters. The van der Waals surface area contributed by atoms with E-state index in [1.807, 2.05) is 0 Å². The lowest BCUT2D eigenvalue weighted by atomic mass is 10.4. The Hall–Kier alpha value is -2.97. The summed E-state index contributed by atoms with van der Waals surface area (Å²) in [6.07, 6.45) is 4.14. The molecule has 0 aromatic carbocycles. The smallest absolute Gasteiger partial charge is 0.401 e. The highest BCUT2D eigenvalue weighted by Gasteiger charge is 2.25. The van der Waals surface area contributed by atoms with Gasteiger partial charge in [-0.25, -0.2) is 9.80 Å². The van der Waals surface area contributed by atoms with Gasteiger partial charge in [-0.2, -0.15) is 5.10 Å². The van der Waals surface area contributed by atoms with Crippen LogP contribution in [0, 0.1) is 10.1 Å². The fourth-order valence-electron chi connectivity index (χ4n) is 1.31. The summed E-state index contributed by atoms with van der Waals surface area (Å²) in [6, 6.07) is 2.06. The molecule has 2 heterocycles. The van der Waals surface area contributed by atoms with Gasteiger partial charge in [0.25, 0.3) is 0 Å². The number of amides is 3. The molecule has 1 saturated heterocycles. The van der Waals surface area contributed by atoms with E-state index in [0.29, 0.717) is 0 Å². The first kappa shape index (κ1) is 12.5. The van der Waals surface area contributed by atoms with Gasteiger partial charge >= 0.3 is 11.9 Å². The molecule has 0 radical (unpaired) electrons. The molecule has 1 aliphatic rings. The highest BCUT2D eigenvalue weighted by Crippen LogP contribution is 2.16. The number of hydrazone groups is 1. The normalized spacial score (nSPS) is 15.7. The molecule has 1 N–H and O–H groups in total. The van der Waals surface area contributed by atoms with Gasteiger partial charge in [0.05, 0.1) is 6.07 Å². The maximum Gasteiger partial charge on any atom is 0.433 e. The van der Waals surface area contributed by atoms with E-state index >= 15 is 0 Å². The maximum absolute atomic E-state index is 11.1. The van der Waals surface area contributed by atoms with Crippen molar-refractivity contribution in [1.82, 2.24) is 10.3 Å². The number of imide groups is 1. The van der Waals surface area contributed by atoms with Crippen LogP contribution in [-0.4, -0.2) is 34.6 Å². The average Bonchev–Trinajstić information content (AvgIpc) is 2.92. The second-order valence-corrected chi connectivity index (χ2v) is 3.47. The Morgan fingerprint density at radius 3 is 2.84 bits per heavy atom. The van der Waals surface area contributed by atoms with Gasteiger partial charge in [0.1, 0.15) is 17.2 Å². The third-order valence-electron chi connectivity index (χ3n) is 2.12. The van der Waals surface area contributed by atoms with Gasteiger partial charge in [0.15, 0.2) is 0 Å². The van der Waals surface area contributed by atoms with E-state index in [0.717, 1.165) is 5.01 Å². The van der Waals surface area contributed by atoms with E-state index in [2.05, 4.69) is 10.4 Å². The molecule has 1 aromatic rings. The van der Waals surface area contributed by atoms with Crippen LogP contribution in [-0.2, 0) is 4.79 Å². The van der Waals surface area contributed by atoms with E-state index in [1.54, 1.807) is 0 Å². The first-order chi connectivity index (χ1) is 9.06. The minimum atomic E-state index is -0.647. The van der Waals surface area contributed by atoms with Crippen molar-refractivity contribution in [1.29, 1.82) is 0 Å². The molecule has 0 saturated carbocycles. The molecule has 1 fully saturated rings. The highest BCUT2D eigenvalue weighted by molar-refractivity contribution is 6.02. The van der Waals surface area contributed by atoms with E-state index in [9.17, 15) is 19.7 Å². The average molecular weight is 267 g/mol. The fourth-order valence-corrected chi connectivity index (χ4v) is 1.31. The zero-order valence-corrected chi connectivity index (χ0v) is 9.48. The summed E-state index contributed by atoms with van der Waals surface area (Å²) in [5.74, 6) is -0.506. The molecular formula is C10H8N4O5. The van der Waals surface area contributed by atoms with E-state index in [-0.39, 0.29) is 18.2 Å². The topological polar surface area (TPSA) is 118 Å². The molecule has 98 valence electrons. The summed E-state index contributed by atoms with van der Waals surface area (Å²) in [5, 5.41) is 17.1. The Kier molecular flexibility index (Phi) is 3.37. The minimum Gasteiger partial charge on any atom is -0.401 e. The number of nitro groups is 1. The Balaban J connectivity index is 1.94. The van der Waals surface area contributed by atoms with Crippen LogP contribution in [0.5, 0.6) is 0 Å². The van der Waals surface area contributed by atoms with Crippen LogP contribution in [0.2, 0.25) is 0 Å². The summed E-state index contributed by atoms with van der Waals surface area (Å²) in [4.78, 5) is 31.6. The summed E-state index contributed by atoms with van der Waals surface area (Å²) in [7, 11) is 0. The summed E-state index contributed by atoms with van der Waals surface area (Å²) < 4.78 is 4.86. The number of hydrogen-bond donors (Lipinski definition) is 1. The third kappa shape index (κ3) is 3.03. The highest BCUT2D eigenvalue weighted by atomic mass is 16.6. The van der Waals surface area contributed by atoms with Crippen LogP contribution in [0.25, 0.3) is 6.08 Å². The van der Waals surface area contributed by atoms with Crippen molar-refractivity contribution in [2.45, 2.75) is 0 Å². The van der Waals surface area contributed by atoms with Gasteiger partial charge < -0.3 is 4.42 Å².